The molecule has 1 aromatic carbocycles. The highest BCUT2D eigenvalue weighted by atomic mass is 16.4. The molecule has 2 rings (SSSR count). The number of carbonyl (C=O) groups excluding carboxylic acids is 1. The van der Waals surface area contributed by atoms with E-state index in [-0.39, 0.29) is 18.0 Å². The quantitative estimate of drug-likeness (QED) is 0.738. The van der Waals surface area contributed by atoms with Crippen LogP contribution in [0.2, 0.25) is 0 Å². The lowest BCUT2D eigenvalue weighted by molar-refractivity contribution is -0.138. The van der Waals surface area contributed by atoms with E-state index >= 15 is 0 Å². The molecule has 3 N–H and O–H groups in total. The Labute approximate surface area is 108 Å². The smallest absolute Gasteiger partial charge is 0.335 e. The van der Waals surface area contributed by atoms with Gasteiger partial charge in [-0.1, -0.05) is 0 Å². The number of nitrogens with one attached hydrogen (secondary N) is 1. The molecule has 0 aromatic heterocycles. The minimum atomic E-state index is -1.11. The molecule has 1 unspecified atom stereocenters. The number of amides is 1. The third kappa shape index (κ3) is 2.35. The number of carboxylic acid groups (broad SMARTS) is 2. The van der Waals surface area contributed by atoms with E-state index in [1.54, 1.807) is 0 Å². The average molecular weight is 264 g/mol. The Balaban J connectivity index is 2.46. The van der Waals surface area contributed by atoms with Gasteiger partial charge in [0.25, 0.3) is 0 Å². The summed E-state index contributed by atoms with van der Waals surface area (Å²) < 4.78 is 0. The minimum Gasteiger partial charge on any atom is -0.480 e. The van der Waals surface area contributed by atoms with Crippen LogP contribution in [0.15, 0.2) is 18.2 Å². The van der Waals surface area contributed by atoms with Crippen LogP contribution in [0.4, 0.5) is 11.4 Å². The lowest BCUT2D eigenvalue weighted by Gasteiger charge is -2.33. The molecular formula is C12H12N2O5. The topological polar surface area (TPSA) is 107 Å². The predicted octanol–water partition coefficient (Wildman–Crippen LogP) is 0.616. The summed E-state index contributed by atoms with van der Waals surface area (Å²) in [5, 5.41) is 20.5. The van der Waals surface area contributed by atoms with Crippen molar-refractivity contribution < 1.29 is 24.6 Å². The first kappa shape index (κ1) is 12.9. The number of anilines is 2. The first-order valence-corrected chi connectivity index (χ1v) is 5.57. The fourth-order valence-corrected chi connectivity index (χ4v) is 1.93. The molecule has 7 heteroatoms. The van der Waals surface area contributed by atoms with Gasteiger partial charge in [0.2, 0.25) is 5.91 Å². The number of carboxylic acids is 2. The van der Waals surface area contributed by atoms with Gasteiger partial charge in [-0.15, -0.1) is 0 Å². The summed E-state index contributed by atoms with van der Waals surface area (Å²) >= 11 is 0. The zero-order valence-electron chi connectivity index (χ0n) is 10.1. The van der Waals surface area contributed by atoms with Gasteiger partial charge < -0.3 is 20.4 Å². The first-order valence-electron chi connectivity index (χ1n) is 5.57. The number of carbonyl (C=O) groups is 3. The Morgan fingerprint density at radius 3 is 2.63 bits per heavy atom. The molecule has 0 fully saturated rings. The molecule has 1 aromatic rings. The predicted molar refractivity (Wildman–Crippen MR) is 66.5 cm³/mol. The van der Waals surface area contributed by atoms with E-state index in [0.29, 0.717) is 11.4 Å². The van der Waals surface area contributed by atoms with Crippen molar-refractivity contribution in [3.8, 4) is 0 Å². The maximum Gasteiger partial charge on any atom is 0.335 e. The number of hydrogen-bond donors (Lipinski definition) is 3. The molecule has 0 radical (unpaired) electrons. The van der Waals surface area contributed by atoms with Gasteiger partial charge in [-0.2, -0.15) is 0 Å². The molecule has 1 aliphatic rings. The summed E-state index contributed by atoms with van der Waals surface area (Å²) in [5.74, 6) is -2.54. The Kier molecular flexibility index (Phi) is 3.12. The highest BCUT2D eigenvalue weighted by Gasteiger charge is 2.29. The highest BCUT2D eigenvalue weighted by Crippen LogP contribution is 2.31. The summed E-state index contributed by atoms with van der Waals surface area (Å²) in [4.78, 5) is 34.9. The molecule has 0 bridgehead atoms. The molecule has 1 amide bonds. The van der Waals surface area contributed by atoms with Crippen molar-refractivity contribution >= 4 is 29.2 Å². The number of rotatable bonds is 3. The zero-order chi connectivity index (χ0) is 14.2. The molecule has 0 aliphatic carbocycles. The molecule has 7 nitrogen and oxygen atoms in total. The van der Waals surface area contributed by atoms with Crippen LogP contribution in [0, 0.1) is 0 Å². The molecule has 0 spiro atoms. The Bertz CT molecular complexity index is 569. The van der Waals surface area contributed by atoms with Crippen molar-refractivity contribution in [1.29, 1.82) is 0 Å². The van der Waals surface area contributed by atoms with Gasteiger partial charge in [-0.3, -0.25) is 4.79 Å². The second kappa shape index (κ2) is 4.60. The number of benzene rings is 1. The second-order valence-electron chi connectivity index (χ2n) is 4.23. The van der Waals surface area contributed by atoms with Crippen molar-refractivity contribution in [1.82, 2.24) is 0 Å². The minimum absolute atomic E-state index is 0.0314. The van der Waals surface area contributed by atoms with E-state index < -0.39 is 18.0 Å². The van der Waals surface area contributed by atoms with Crippen molar-refractivity contribution in [2.75, 3.05) is 16.8 Å². The molecule has 0 saturated carbocycles. The van der Waals surface area contributed by atoms with Crippen molar-refractivity contribution in [3.63, 3.8) is 0 Å². The monoisotopic (exact) mass is 264 g/mol. The van der Waals surface area contributed by atoms with Gasteiger partial charge in [0.15, 0.2) is 0 Å². The lowest BCUT2D eigenvalue weighted by atomic mass is 10.1. The summed E-state index contributed by atoms with van der Waals surface area (Å²) in [6, 6.07) is 3.31. The van der Waals surface area contributed by atoms with E-state index in [4.69, 9.17) is 10.2 Å². The second-order valence-corrected chi connectivity index (χ2v) is 4.23. The van der Waals surface area contributed by atoms with Crippen LogP contribution in [-0.2, 0) is 9.59 Å². The molecule has 1 aliphatic heterocycles. The number of hydrogen-bond acceptors (Lipinski definition) is 4. The molecule has 1 heterocycles. The molecule has 19 heavy (non-hydrogen) atoms. The number of aliphatic carboxylic acids is 1. The maximum absolute atomic E-state index is 11.6. The van der Waals surface area contributed by atoms with Crippen LogP contribution in [0.1, 0.15) is 17.3 Å². The van der Waals surface area contributed by atoms with Gasteiger partial charge >= 0.3 is 11.9 Å². The van der Waals surface area contributed by atoms with Gasteiger partial charge in [0.05, 0.1) is 23.5 Å². The Morgan fingerprint density at radius 1 is 1.37 bits per heavy atom. The van der Waals surface area contributed by atoms with Gasteiger partial charge in [0.1, 0.15) is 6.04 Å². The summed E-state index contributed by atoms with van der Waals surface area (Å²) in [6.07, 6.45) is 0. The van der Waals surface area contributed by atoms with Crippen LogP contribution >= 0.6 is 0 Å². The number of nitrogens with zero attached hydrogens (tertiary/aromatic N) is 1. The largest absolute Gasteiger partial charge is 0.480 e. The zero-order valence-corrected chi connectivity index (χ0v) is 10.1. The normalized spacial score (nSPS) is 15.4. The van der Waals surface area contributed by atoms with Crippen molar-refractivity contribution in [2.24, 2.45) is 0 Å². The van der Waals surface area contributed by atoms with E-state index in [1.165, 1.54) is 30.0 Å². The van der Waals surface area contributed by atoms with E-state index in [0.717, 1.165) is 0 Å². The third-order valence-electron chi connectivity index (χ3n) is 2.97. The number of aromatic carboxylic acids is 1. The SMILES string of the molecule is CC(C(=O)O)N1CC(=O)Nc2cc(C(=O)O)ccc21. The summed E-state index contributed by atoms with van der Waals surface area (Å²) in [7, 11) is 0. The molecule has 0 saturated heterocycles. The summed E-state index contributed by atoms with van der Waals surface area (Å²) in [6.45, 7) is 1.39. The lowest BCUT2D eigenvalue weighted by Crippen LogP contribution is -2.46. The van der Waals surface area contributed by atoms with Crippen molar-refractivity contribution in [3.05, 3.63) is 23.8 Å². The third-order valence-corrected chi connectivity index (χ3v) is 2.97. The molecular weight excluding hydrogens is 252 g/mol. The van der Waals surface area contributed by atoms with Gasteiger partial charge in [-0.05, 0) is 25.1 Å². The Hall–Kier alpha value is -2.57. The van der Waals surface area contributed by atoms with Gasteiger partial charge in [-0.25, -0.2) is 9.59 Å². The van der Waals surface area contributed by atoms with Crippen LogP contribution in [0.5, 0.6) is 0 Å². The molecule has 100 valence electrons. The van der Waals surface area contributed by atoms with Crippen LogP contribution in [0.3, 0.4) is 0 Å². The Morgan fingerprint density at radius 2 is 2.05 bits per heavy atom. The summed E-state index contributed by atoms with van der Waals surface area (Å²) in [5.41, 5.74) is 0.840. The van der Waals surface area contributed by atoms with Crippen LogP contribution < -0.4 is 10.2 Å². The fraction of sp³-hybridized carbons (Fsp3) is 0.250. The van der Waals surface area contributed by atoms with E-state index in [9.17, 15) is 14.4 Å². The maximum atomic E-state index is 11.6. The first-order chi connectivity index (χ1) is 8.90. The van der Waals surface area contributed by atoms with Gasteiger partial charge in [0, 0.05) is 0 Å². The fourth-order valence-electron chi connectivity index (χ4n) is 1.93. The number of fused-ring (bicyclic) bond motifs is 1. The standard InChI is InChI=1S/C12H12N2O5/c1-6(11(16)17)14-5-10(15)13-8-4-7(12(18)19)2-3-9(8)14/h2-4,6H,5H2,1H3,(H,13,15)(H,16,17)(H,18,19). The molecule has 1 atom stereocenters. The van der Waals surface area contributed by atoms with E-state index in [2.05, 4.69) is 5.32 Å². The highest BCUT2D eigenvalue weighted by molar-refractivity contribution is 6.04. The average Bonchev–Trinajstić information content (AvgIpc) is 2.35. The van der Waals surface area contributed by atoms with E-state index in [1.807, 2.05) is 0 Å². The van der Waals surface area contributed by atoms with Crippen LogP contribution in [-0.4, -0.2) is 40.6 Å². The van der Waals surface area contributed by atoms with Crippen LogP contribution in [0.25, 0.3) is 0 Å². The van der Waals surface area contributed by atoms with Crippen molar-refractivity contribution in [2.45, 2.75) is 13.0 Å².